The van der Waals surface area contributed by atoms with Crippen LogP contribution in [0.4, 0.5) is 4.79 Å². The zero-order valence-corrected chi connectivity index (χ0v) is 17.3. The Bertz CT molecular complexity index is 900. The summed E-state index contributed by atoms with van der Waals surface area (Å²) < 4.78 is 5.33. The molecule has 1 aliphatic rings. The molecule has 2 N–H and O–H groups in total. The molecule has 1 saturated carbocycles. The number of carbonyl (C=O) groups excluding carboxylic acids is 2. The Morgan fingerprint density at radius 2 is 1.86 bits per heavy atom. The lowest BCUT2D eigenvalue weighted by molar-refractivity contribution is 0.0502. The highest BCUT2D eigenvalue weighted by molar-refractivity contribution is 6.06. The predicted molar refractivity (Wildman–Crippen MR) is 109 cm³/mol. The van der Waals surface area contributed by atoms with Gasteiger partial charge in [-0.25, -0.2) is 4.79 Å². The van der Waals surface area contributed by atoms with Crippen molar-refractivity contribution in [3.05, 3.63) is 41.6 Å². The van der Waals surface area contributed by atoms with Crippen molar-refractivity contribution < 1.29 is 14.3 Å². The Labute approximate surface area is 166 Å². The highest BCUT2D eigenvalue weighted by Gasteiger charge is 2.43. The van der Waals surface area contributed by atoms with Crippen LogP contribution in [-0.2, 0) is 4.74 Å². The van der Waals surface area contributed by atoms with Gasteiger partial charge in [-0.05, 0) is 65.5 Å². The summed E-state index contributed by atoms with van der Waals surface area (Å²) in [6.07, 6.45) is 1.59. The van der Waals surface area contributed by atoms with Crippen LogP contribution in [0, 0.1) is 12.8 Å². The third-order valence-corrected chi connectivity index (χ3v) is 4.97. The molecule has 1 aliphatic carbocycles. The van der Waals surface area contributed by atoms with Gasteiger partial charge in [-0.15, -0.1) is 0 Å². The zero-order chi connectivity index (χ0) is 20.5. The first-order valence-corrected chi connectivity index (χ1v) is 9.73. The molecule has 2 amide bonds. The third-order valence-electron chi connectivity index (χ3n) is 4.97. The van der Waals surface area contributed by atoms with Crippen LogP contribution in [0.3, 0.4) is 0 Å². The number of hydrogen-bond donors (Lipinski definition) is 2. The van der Waals surface area contributed by atoms with Crippen LogP contribution in [-0.4, -0.2) is 34.7 Å². The molecule has 0 spiro atoms. The van der Waals surface area contributed by atoms with Crippen molar-refractivity contribution in [1.82, 2.24) is 15.6 Å². The molecule has 6 heteroatoms. The van der Waals surface area contributed by atoms with Gasteiger partial charge in [0.15, 0.2) is 0 Å². The maximum absolute atomic E-state index is 13.1. The highest BCUT2D eigenvalue weighted by Crippen LogP contribution is 2.39. The second-order valence-corrected chi connectivity index (χ2v) is 8.83. The standard InChI is InChI=1S/C22H29N3O3/c1-14-12-17(16-8-6-7-9-18(16)24-14)19(26)25-22(5,15-10-11-15)13-23-20(27)28-21(2,3)4/h6-9,12,15H,10-11,13H2,1-5H3,(H,23,27)(H,25,26). The van der Waals surface area contributed by atoms with Crippen LogP contribution in [0.1, 0.15) is 56.6 Å². The van der Waals surface area contributed by atoms with Crippen LogP contribution in [0.15, 0.2) is 30.3 Å². The fraction of sp³-hybridized carbons (Fsp3) is 0.500. The predicted octanol–water partition coefficient (Wildman–Crippen LogP) is 3.97. The number of rotatable bonds is 5. The lowest BCUT2D eigenvalue weighted by Gasteiger charge is -2.32. The van der Waals surface area contributed by atoms with E-state index < -0.39 is 17.2 Å². The molecule has 1 heterocycles. The first-order chi connectivity index (χ1) is 13.1. The molecule has 28 heavy (non-hydrogen) atoms. The molecule has 1 unspecified atom stereocenters. The fourth-order valence-corrected chi connectivity index (χ4v) is 3.40. The van der Waals surface area contributed by atoms with E-state index in [-0.39, 0.29) is 5.91 Å². The van der Waals surface area contributed by atoms with Crippen LogP contribution in [0.5, 0.6) is 0 Å². The molecule has 1 aromatic carbocycles. The van der Waals surface area contributed by atoms with Crippen molar-refractivity contribution in [2.75, 3.05) is 6.54 Å². The largest absolute Gasteiger partial charge is 0.444 e. The van der Waals surface area contributed by atoms with Crippen LogP contribution in [0.25, 0.3) is 10.9 Å². The highest BCUT2D eigenvalue weighted by atomic mass is 16.6. The molecule has 3 rings (SSSR count). The van der Waals surface area contributed by atoms with E-state index in [0.717, 1.165) is 29.4 Å². The van der Waals surface area contributed by atoms with Gasteiger partial charge in [0.2, 0.25) is 0 Å². The second kappa shape index (κ2) is 7.41. The monoisotopic (exact) mass is 383 g/mol. The number of pyridine rings is 1. The van der Waals surface area contributed by atoms with Crippen molar-refractivity contribution in [1.29, 1.82) is 0 Å². The van der Waals surface area contributed by atoms with E-state index in [0.29, 0.717) is 18.0 Å². The average Bonchev–Trinajstić information content (AvgIpc) is 3.43. The number of aromatic nitrogens is 1. The molecule has 1 aromatic heterocycles. The van der Waals surface area contributed by atoms with Gasteiger partial charge in [-0.2, -0.15) is 0 Å². The van der Waals surface area contributed by atoms with E-state index in [9.17, 15) is 9.59 Å². The molecule has 1 atom stereocenters. The smallest absolute Gasteiger partial charge is 0.407 e. The van der Waals surface area contributed by atoms with E-state index >= 15 is 0 Å². The Kier molecular flexibility index (Phi) is 5.33. The Balaban J connectivity index is 1.78. The third kappa shape index (κ3) is 4.80. The maximum Gasteiger partial charge on any atom is 0.407 e. The SMILES string of the molecule is Cc1cc(C(=O)NC(C)(CNC(=O)OC(C)(C)C)C2CC2)c2ccccc2n1. The first kappa shape index (κ1) is 20.1. The molecule has 150 valence electrons. The minimum atomic E-state index is -0.559. The van der Waals surface area contributed by atoms with Crippen molar-refractivity contribution in [2.45, 2.75) is 58.6 Å². The number of aryl methyl sites for hydroxylation is 1. The van der Waals surface area contributed by atoms with Crippen molar-refractivity contribution >= 4 is 22.9 Å². The average molecular weight is 383 g/mol. The Hall–Kier alpha value is -2.63. The quantitative estimate of drug-likeness (QED) is 0.819. The summed E-state index contributed by atoms with van der Waals surface area (Å²) in [5.74, 6) is 0.183. The summed E-state index contributed by atoms with van der Waals surface area (Å²) in [6, 6.07) is 9.44. The normalized spacial score (nSPS) is 16.3. The van der Waals surface area contributed by atoms with Gasteiger partial charge >= 0.3 is 6.09 Å². The minimum absolute atomic E-state index is 0.151. The van der Waals surface area contributed by atoms with Gasteiger partial charge in [0.1, 0.15) is 5.60 Å². The number of nitrogens with zero attached hydrogens (tertiary/aromatic N) is 1. The van der Waals surface area contributed by atoms with Gasteiger partial charge in [-0.1, -0.05) is 18.2 Å². The van der Waals surface area contributed by atoms with Crippen LogP contribution < -0.4 is 10.6 Å². The molecule has 0 bridgehead atoms. The number of hydrogen-bond acceptors (Lipinski definition) is 4. The topological polar surface area (TPSA) is 80.3 Å². The maximum atomic E-state index is 13.1. The fourth-order valence-electron chi connectivity index (χ4n) is 3.40. The summed E-state index contributed by atoms with van der Waals surface area (Å²) in [5.41, 5.74) is 1.10. The summed E-state index contributed by atoms with van der Waals surface area (Å²) in [5, 5.41) is 6.81. The number of amides is 2. The molecule has 0 saturated heterocycles. The van der Waals surface area contributed by atoms with E-state index in [1.807, 2.05) is 65.0 Å². The van der Waals surface area contributed by atoms with Gasteiger partial charge in [0.05, 0.1) is 16.6 Å². The van der Waals surface area contributed by atoms with E-state index in [4.69, 9.17) is 4.74 Å². The second-order valence-electron chi connectivity index (χ2n) is 8.83. The van der Waals surface area contributed by atoms with Crippen LogP contribution >= 0.6 is 0 Å². The summed E-state index contributed by atoms with van der Waals surface area (Å²) in [4.78, 5) is 29.7. The molecule has 2 aromatic rings. The Morgan fingerprint density at radius 3 is 2.50 bits per heavy atom. The zero-order valence-electron chi connectivity index (χ0n) is 17.3. The lowest BCUT2D eigenvalue weighted by atomic mass is 9.94. The number of ether oxygens (including phenoxy) is 1. The lowest BCUT2D eigenvalue weighted by Crippen LogP contribution is -2.55. The number of fused-ring (bicyclic) bond motifs is 1. The molecule has 0 aliphatic heterocycles. The molecule has 0 radical (unpaired) electrons. The summed E-state index contributed by atoms with van der Waals surface area (Å²) in [7, 11) is 0. The minimum Gasteiger partial charge on any atom is -0.444 e. The number of benzene rings is 1. The van der Waals surface area contributed by atoms with E-state index in [1.54, 1.807) is 0 Å². The molecule has 1 fully saturated rings. The number of carbonyl (C=O) groups is 2. The van der Waals surface area contributed by atoms with Crippen molar-refractivity contribution in [3.8, 4) is 0 Å². The number of nitrogens with one attached hydrogen (secondary N) is 2. The van der Waals surface area contributed by atoms with E-state index in [2.05, 4.69) is 15.6 Å². The van der Waals surface area contributed by atoms with E-state index in [1.165, 1.54) is 0 Å². The summed E-state index contributed by atoms with van der Waals surface area (Å²) >= 11 is 0. The van der Waals surface area contributed by atoms with Gasteiger partial charge in [-0.3, -0.25) is 9.78 Å². The molecular weight excluding hydrogens is 354 g/mol. The van der Waals surface area contributed by atoms with Gasteiger partial charge in [0.25, 0.3) is 5.91 Å². The number of para-hydroxylation sites is 1. The molecular formula is C22H29N3O3. The number of alkyl carbamates (subject to hydrolysis) is 1. The van der Waals surface area contributed by atoms with Gasteiger partial charge in [0, 0.05) is 17.6 Å². The van der Waals surface area contributed by atoms with Gasteiger partial charge < -0.3 is 15.4 Å². The Morgan fingerprint density at radius 1 is 1.18 bits per heavy atom. The summed E-state index contributed by atoms with van der Waals surface area (Å²) in [6.45, 7) is 9.66. The first-order valence-electron chi connectivity index (χ1n) is 9.73. The van der Waals surface area contributed by atoms with Crippen molar-refractivity contribution in [3.63, 3.8) is 0 Å². The van der Waals surface area contributed by atoms with Crippen molar-refractivity contribution in [2.24, 2.45) is 5.92 Å². The van der Waals surface area contributed by atoms with Crippen LogP contribution in [0.2, 0.25) is 0 Å². The molecule has 6 nitrogen and oxygen atoms in total.